The molecule has 10 heavy (non-hydrogen) atoms. The first-order chi connectivity index (χ1) is 4.74. The minimum Gasteiger partial charge on any atom is -0.304 e. The van der Waals surface area contributed by atoms with Gasteiger partial charge in [-0.15, -0.1) is 0 Å². The van der Waals surface area contributed by atoms with E-state index in [1.165, 1.54) is 26.1 Å². The van der Waals surface area contributed by atoms with Gasteiger partial charge in [-0.05, 0) is 19.0 Å². The van der Waals surface area contributed by atoms with Crippen LogP contribution in [0.1, 0.15) is 34.1 Å². The van der Waals surface area contributed by atoms with E-state index >= 15 is 0 Å². The van der Waals surface area contributed by atoms with Crippen molar-refractivity contribution < 1.29 is 0 Å². The van der Waals surface area contributed by atoms with Crippen LogP contribution >= 0.6 is 0 Å². The molecule has 1 heteroatoms. The van der Waals surface area contributed by atoms with Crippen molar-refractivity contribution in [2.45, 2.75) is 34.1 Å². The van der Waals surface area contributed by atoms with Crippen molar-refractivity contribution in [1.29, 1.82) is 0 Å². The van der Waals surface area contributed by atoms with Crippen LogP contribution in [0.4, 0.5) is 0 Å². The second-order valence-corrected chi connectivity index (χ2v) is 3.00. The highest BCUT2D eigenvalue weighted by Gasteiger charge is 2.03. The van der Waals surface area contributed by atoms with Crippen LogP contribution in [0.5, 0.6) is 0 Å². The Morgan fingerprint density at radius 3 is 1.90 bits per heavy atom. The molecule has 0 N–H and O–H groups in total. The Bertz CT molecular complexity index is 67.1. The Kier molecular flexibility index (Phi) is 5.70. The molecule has 0 saturated carbocycles. The highest BCUT2D eigenvalue weighted by atomic mass is 15.1. The van der Waals surface area contributed by atoms with Crippen LogP contribution in [0.25, 0.3) is 0 Å². The van der Waals surface area contributed by atoms with Gasteiger partial charge in [-0.3, -0.25) is 0 Å². The largest absolute Gasteiger partial charge is 0.304 e. The van der Waals surface area contributed by atoms with Crippen molar-refractivity contribution in [3.05, 3.63) is 0 Å². The van der Waals surface area contributed by atoms with E-state index in [1.54, 1.807) is 0 Å². The molecule has 0 aromatic heterocycles. The van der Waals surface area contributed by atoms with Gasteiger partial charge in [0.25, 0.3) is 0 Å². The number of hydrogen-bond acceptors (Lipinski definition) is 1. The third kappa shape index (κ3) is 3.89. The molecule has 0 spiro atoms. The highest BCUT2D eigenvalue weighted by Crippen LogP contribution is 2.02. The summed E-state index contributed by atoms with van der Waals surface area (Å²) < 4.78 is 0. The van der Waals surface area contributed by atoms with Crippen LogP contribution in [0, 0.1) is 5.92 Å². The van der Waals surface area contributed by atoms with Gasteiger partial charge in [0.2, 0.25) is 0 Å². The van der Waals surface area contributed by atoms with Crippen molar-refractivity contribution in [3.8, 4) is 0 Å². The second-order valence-electron chi connectivity index (χ2n) is 3.00. The van der Waals surface area contributed by atoms with E-state index in [-0.39, 0.29) is 0 Å². The van der Waals surface area contributed by atoms with E-state index in [1.807, 2.05) is 0 Å². The molecule has 0 aliphatic heterocycles. The minimum absolute atomic E-state index is 0.861. The molecule has 0 aliphatic carbocycles. The van der Waals surface area contributed by atoms with Gasteiger partial charge in [0.15, 0.2) is 0 Å². The number of hydrogen-bond donors (Lipinski definition) is 0. The molecule has 1 unspecified atom stereocenters. The molecule has 0 rings (SSSR count). The van der Waals surface area contributed by atoms with Crippen LogP contribution in [-0.4, -0.2) is 24.5 Å². The van der Waals surface area contributed by atoms with Crippen LogP contribution in [-0.2, 0) is 0 Å². The molecule has 0 amide bonds. The monoisotopic (exact) mass is 143 g/mol. The Morgan fingerprint density at radius 2 is 1.60 bits per heavy atom. The molecule has 62 valence electrons. The topological polar surface area (TPSA) is 3.24 Å². The second kappa shape index (κ2) is 5.72. The predicted octanol–water partition coefficient (Wildman–Crippen LogP) is 2.37. The van der Waals surface area contributed by atoms with Gasteiger partial charge < -0.3 is 4.90 Å². The van der Waals surface area contributed by atoms with Crippen LogP contribution in [0.15, 0.2) is 0 Å². The van der Waals surface area contributed by atoms with Crippen LogP contribution in [0.2, 0.25) is 0 Å². The lowest BCUT2D eigenvalue weighted by Gasteiger charge is -2.21. The maximum Gasteiger partial charge on any atom is 0.000668 e. The molecule has 0 bridgehead atoms. The Morgan fingerprint density at radius 1 is 1.10 bits per heavy atom. The SMILES string of the molecule is CCC(C)CN(CC)CC. The summed E-state index contributed by atoms with van der Waals surface area (Å²) in [4.78, 5) is 2.48. The zero-order valence-corrected chi connectivity index (χ0v) is 7.85. The minimum atomic E-state index is 0.861. The summed E-state index contributed by atoms with van der Waals surface area (Å²) in [6.07, 6.45) is 1.30. The van der Waals surface area contributed by atoms with Crippen molar-refractivity contribution in [2.75, 3.05) is 19.6 Å². The van der Waals surface area contributed by atoms with Crippen LogP contribution < -0.4 is 0 Å². The standard InChI is InChI=1S/C9H21N/c1-5-9(4)8-10(6-2)7-3/h9H,5-8H2,1-4H3. The van der Waals surface area contributed by atoms with Gasteiger partial charge in [-0.2, -0.15) is 0 Å². The Labute approximate surface area is 65.4 Å². The molecule has 1 nitrogen and oxygen atoms in total. The van der Waals surface area contributed by atoms with Gasteiger partial charge in [-0.25, -0.2) is 0 Å². The van der Waals surface area contributed by atoms with E-state index in [4.69, 9.17) is 0 Å². The van der Waals surface area contributed by atoms with Crippen LogP contribution in [0.3, 0.4) is 0 Å². The van der Waals surface area contributed by atoms with E-state index in [2.05, 4.69) is 32.6 Å². The van der Waals surface area contributed by atoms with E-state index in [0.29, 0.717) is 0 Å². The number of nitrogens with zero attached hydrogens (tertiary/aromatic N) is 1. The van der Waals surface area contributed by atoms with Crippen molar-refractivity contribution in [1.82, 2.24) is 4.90 Å². The first-order valence-corrected chi connectivity index (χ1v) is 4.46. The predicted molar refractivity (Wildman–Crippen MR) is 47.2 cm³/mol. The van der Waals surface area contributed by atoms with Gasteiger partial charge >= 0.3 is 0 Å². The summed E-state index contributed by atoms with van der Waals surface area (Å²) in [5.41, 5.74) is 0. The van der Waals surface area contributed by atoms with Gasteiger partial charge in [0.05, 0.1) is 0 Å². The molecule has 0 heterocycles. The van der Waals surface area contributed by atoms with Gasteiger partial charge in [0.1, 0.15) is 0 Å². The first-order valence-electron chi connectivity index (χ1n) is 4.46. The highest BCUT2D eigenvalue weighted by molar-refractivity contribution is 4.57. The fourth-order valence-electron chi connectivity index (χ4n) is 1.05. The molecule has 0 aromatic rings. The fraction of sp³-hybridized carbons (Fsp3) is 1.00. The smallest absolute Gasteiger partial charge is 0.000668 e. The molecular weight excluding hydrogens is 122 g/mol. The average molecular weight is 143 g/mol. The quantitative estimate of drug-likeness (QED) is 0.571. The van der Waals surface area contributed by atoms with E-state index in [9.17, 15) is 0 Å². The summed E-state index contributed by atoms with van der Waals surface area (Å²) in [6, 6.07) is 0. The Hall–Kier alpha value is -0.0400. The third-order valence-corrected chi connectivity index (χ3v) is 2.16. The van der Waals surface area contributed by atoms with Gasteiger partial charge in [0, 0.05) is 6.54 Å². The zero-order valence-electron chi connectivity index (χ0n) is 7.85. The van der Waals surface area contributed by atoms with Gasteiger partial charge in [-0.1, -0.05) is 34.1 Å². The zero-order chi connectivity index (χ0) is 7.98. The summed E-state index contributed by atoms with van der Waals surface area (Å²) in [5, 5.41) is 0. The van der Waals surface area contributed by atoms with Crippen molar-refractivity contribution >= 4 is 0 Å². The average Bonchev–Trinajstić information content (AvgIpc) is 1.99. The third-order valence-electron chi connectivity index (χ3n) is 2.16. The molecule has 0 aromatic carbocycles. The summed E-state index contributed by atoms with van der Waals surface area (Å²) >= 11 is 0. The molecule has 0 saturated heterocycles. The maximum absolute atomic E-state index is 2.48. The van der Waals surface area contributed by atoms with Crippen molar-refractivity contribution in [3.63, 3.8) is 0 Å². The normalized spacial score (nSPS) is 14.1. The molecular formula is C9H21N. The van der Waals surface area contributed by atoms with Crippen molar-refractivity contribution in [2.24, 2.45) is 5.92 Å². The lowest BCUT2D eigenvalue weighted by molar-refractivity contribution is 0.258. The first kappa shape index (κ1) is 9.96. The summed E-state index contributed by atoms with van der Waals surface area (Å²) in [6.45, 7) is 12.7. The van der Waals surface area contributed by atoms with E-state index in [0.717, 1.165) is 5.92 Å². The van der Waals surface area contributed by atoms with E-state index < -0.39 is 0 Å². The molecule has 1 atom stereocenters. The molecule has 0 fully saturated rings. The fourth-order valence-corrected chi connectivity index (χ4v) is 1.05. The number of rotatable bonds is 5. The molecule has 0 radical (unpaired) electrons. The lowest BCUT2D eigenvalue weighted by Crippen LogP contribution is -2.27. The summed E-state index contributed by atoms with van der Waals surface area (Å²) in [7, 11) is 0. The lowest BCUT2D eigenvalue weighted by atomic mass is 10.1. The summed E-state index contributed by atoms with van der Waals surface area (Å²) in [5.74, 6) is 0.861. The Balaban J connectivity index is 3.41. The maximum atomic E-state index is 2.48. The molecule has 0 aliphatic rings.